The van der Waals surface area contributed by atoms with Gasteiger partial charge in [0.05, 0.1) is 0 Å². The lowest BCUT2D eigenvalue weighted by Crippen LogP contribution is -1.97. The molecule has 0 atom stereocenters. The van der Waals surface area contributed by atoms with Crippen LogP contribution in [0.15, 0.2) is 121 Å². The first-order valence-electron chi connectivity index (χ1n) is 12.0. The van der Waals surface area contributed by atoms with E-state index in [1.165, 1.54) is 59.8 Å². The van der Waals surface area contributed by atoms with Crippen LogP contribution in [0.2, 0.25) is 0 Å². The van der Waals surface area contributed by atoms with Crippen LogP contribution in [-0.4, -0.2) is 0 Å². The highest BCUT2D eigenvalue weighted by atomic mass is 16.5. The van der Waals surface area contributed by atoms with Crippen molar-refractivity contribution in [3.8, 4) is 33.8 Å². The van der Waals surface area contributed by atoms with Crippen molar-refractivity contribution in [1.82, 2.24) is 0 Å². The van der Waals surface area contributed by atoms with Gasteiger partial charge in [0.15, 0.2) is 0 Å². The van der Waals surface area contributed by atoms with Crippen molar-refractivity contribution in [1.29, 1.82) is 0 Å². The Balaban J connectivity index is 1.49. The van der Waals surface area contributed by atoms with Gasteiger partial charge in [-0.1, -0.05) is 78.9 Å². The molecule has 0 fully saturated rings. The molecule has 7 aromatic rings. The van der Waals surface area contributed by atoms with Crippen LogP contribution in [0.3, 0.4) is 0 Å². The summed E-state index contributed by atoms with van der Waals surface area (Å²) < 4.78 is 6.26. The smallest absolute Gasteiger partial charge is 0.135 e. The average Bonchev–Trinajstić information content (AvgIpc) is 2.91. The molecule has 0 unspecified atom stereocenters. The standard InChI is InChI=1S/C34H20O/c1-2-9-22-18-29-24(16-21(22)8-1)19-30(27-12-4-3-11-26(27)29)25-17-23-10-7-15-33-34(23)31(20-25)28-13-5-6-14-32(28)35-33/h1-20H. The summed E-state index contributed by atoms with van der Waals surface area (Å²) in [5, 5.41) is 10.1. The number of ether oxygens (including phenoxy) is 1. The fraction of sp³-hybridized carbons (Fsp3) is 0. The molecule has 0 radical (unpaired) electrons. The van der Waals surface area contributed by atoms with Gasteiger partial charge >= 0.3 is 0 Å². The molecule has 0 aliphatic carbocycles. The zero-order chi connectivity index (χ0) is 22.9. The number of hydrogen-bond donors (Lipinski definition) is 0. The van der Waals surface area contributed by atoms with Gasteiger partial charge in [-0.2, -0.15) is 0 Å². The van der Waals surface area contributed by atoms with E-state index in [4.69, 9.17) is 4.74 Å². The van der Waals surface area contributed by atoms with E-state index >= 15 is 0 Å². The second kappa shape index (κ2) is 6.94. The fourth-order valence-corrected chi connectivity index (χ4v) is 5.78. The van der Waals surface area contributed by atoms with E-state index in [1.807, 2.05) is 6.07 Å². The van der Waals surface area contributed by atoms with Gasteiger partial charge in [0.2, 0.25) is 0 Å². The lowest BCUT2D eigenvalue weighted by molar-refractivity contribution is 0.487. The van der Waals surface area contributed by atoms with Crippen LogP contribution < -0.4 is 4.74 Å². The van der Waals surface area contributed by atoms with Crippen LogP contribution in [0.4, 0.5) is 0 Å². The van der Waals surface area contributed by atoms with E-state index in [1.54, 1.807) is 0 Å². The van der Waals surface area contributed by atoms with Crippen molar-refractivity contribution in [2.75, 3.05) is 0 Å². The average molecular weight is 445 g/mol. The van der Waals surface area contributed by atoms with Gasteiger partial charge in [-0.05, 0) is 96.9 Å². The van der Waals surface area contributed by atoms with Crippen LogP contribution in [0.25, 0.3) is 65.3 Å². The van der Waals surface area contributed by atoms with Crippen molar-refractivity contribution in [2.45, 2.75) is 0 Å². The zero-order valence-electron chi connectivity index (χ0n) is 19.0. The lowest BCUT2D eigenvalue weighted by Gasteiger charge is -2.22. The van der Waals surface area contributed by atoms with Gasteiger partial charge in [-0.3, -0.25) is 0 Å². The maximum Gasteiger partial charge on any atom is 0.135 e. The third-order valence-corrected chi connectivity index (χ3v) is 7.37. The molecule has 1 aliphatic heterocycles. The highest BCUT2D eigenvalue weighted by Crippen LogP contribution is 2.48. The van der Waals surface area contributed by atoms with Crippen LogP contribution in [0, 0.1) is 0 Å². The summed E-state index contributed by atoms with van der Waals surface area (Å²) in [5.41, 5.74) is 4.87. The Hall–Kier alpha value is -4.62. The molecule has 1 heterocycles. The van der Waals surface area contributed by atoms with E-state index < -0.39 is 0 Å². The molecule has 0 N–H and O–H groups in total. The van der Waals surface area contributed by atoms with Crippen LogP contribution in [-0.2, 0) is 0 Å². The summed E-state index contributed by atoms with van der Waals surface area (Å²) >= 11 is 0. The third-order valence-electron chi connectivity index (χ3n) is 7.37. The monoisotopic (exact) mass is 444 g/mol. The van der Waals surface area contributed by atoms with Gasteiger partial charge < -0.3 is 4.74 Å². The predicted molar refractivity (Wildman–Crippen MR) is 147 cm³/mol. The fourth-order valence-electron chi connectivity index (χ4n) is 5.78. The number of benzene rings is 7. The largest absolute Gasteiger partial charge is 0.456 e. The van der Waals surface area contributed by atoms with Crippen molar-refractivity contribution in [2.24, 2.45) is 0 Å². The summed E-state index contributed by atoms with van der Waals surface area (Å²) in [6.45, 7) is 0. The van der Waals surface area contributed by atoms with Crippen LogP contribution in [0.5, 0.6) is 11.5 Å². The molecule has 1 nitrogen and oxygen atoms in total. The molecule has 8 rings (SSSR count). The second-order valence-corrected chi connectivity index (χ2v) is 9.37. The van der Waals surface area contributed by atoms with E-state index in [0.717, 1.165) is 17.1 Å². The first kappa shape index (κ1) is 18.8. The molecule has 0 bridgehead atoms. The molecule has 1 heteroatoms. The maximum absolute atomic E-state index is 6.26. The minimum absolute atomic E-state index is 0.916. The third kappa shape index (κ3) is 2.70. The molecule has 0 aromatic heterocycles. The van der Waals surface area contributed by atoms with E-state index in [2.05, 4.69) is 115 Å². The van der Waals surface area contributed by atoms with Crippen molar-refractivity contribution >= 4 is 43.1 Å². The number of fused-ring (bicyclic) bond motifs is 6. The second-order valence-electron chi connectivity index (χ2n) is 9.37. The summed E-state index contributed by atoms with van der Waals surface area (Å²) in [7, 11) is 0. The van der Waals surface area contributed by atoms with Crippen molar-refractivity contribution in [3.05, 3.63) is 121 Å². The summed E-state index contributed by atoms with van der Waals surface area (Å²) in [6, 6.07) is 43.8. The lowest BCUT2D eigenvalue weighted by atomic mass is 9.87. The normalized spacial score (nSPS) is 12.2. The quantitative estimate of drug-likeness (QED) is 0.181. The highest BCUT2D eigenvalue weighted by molar-refractivity contribution is 6.18. The molecule has 162 valence electrons. The molecule has 0 amide bonds. The Labute approximate surface area is 202 Å². The van der Waals surface area contributed by atoms with Crippen molar-refractivity contribution < 1.29 is 4.74 Å². The Bertz CT molecular complexity index is 1980. The van der Waals surface area contributed by atoms with E-state index in [0.29, 0.717) is 0 Å². The zero-order valence-corrected chi connectivity index (χ0v) is 19.0. The molecular weight excluding hydrogens is 424 g/mol. The molecule has 35 heavy (non-hydrogen) atoms. The van der Waals surface area contributed by atoms with E-state index in [9.17, 15) is 0 Å². The molecular formula is C34H20O. The molecule has 0 saturated carbocycles. The maximum atomic E-state index is 6.26. The Morgan fingerprint density at radius 3 is 2.00 bits per heavy atom. The van der Waals surface area contributed by atoms with Gasteiger partial charge in [0, 0.05) is 10.9 Å². The number of rotatable bonds is 1. The summed E-state index contributed by atoms with van der Waals surface area (Å²) in [5.74, 6) is 1.84. The topological polar surface area (TPSA) is 9.23 Å². The van der Waals surface area contributed by atoms with Gasteiger partial charge in [-0.15, -0.1) is 0 Å². The van der Waals surface area contributed by atoms with E-state index in [-0.39, 0.29) is 0 Å². The highest BCUT2D eigenvalue weighted by Gasteiger charge is 2.21. The molecule has 7 aromatic carbocycles. The number of para-hydroxylation sites is 1. The Morgan fingerprint density at radius 2 is 1.09 bits per heavy atom. The summed E-state index contributed by atoms with van der Waals surface area (Å²) in [6.07, 6.45) is 0. The molecule has 0 spiro atoms. The number of hydrogen-bond acceptors (Lipinski definition) is 1. The minimum Gasteiger partial charge on any atom is -0.456 e. The van der Waals surface area contributed by atoms with Crippen LogP contribution in [0.1, 0.15) is 0 Å². The van der Waals surface area contributed by atoms with Gasteiger partial charge in [0.1, 0.15) is 11.5 Å². The Kier molecular flexibility index (Phi) is 3.72. The molecule has 0 saturated heterocycles. The molecule has 1 aliphatic rings. The van der Waals surface area contributed by atoms with Crippen LogP contribution >= 0.6 is 0 Å². The van der Waals surface area contributed by atoms with Gasteiger partial charge in [0.25, 0.3) is 0 Å². The minimum atomic E-state index is 0.916. The SMILES string of the molecule is c1ccc2c(c1)Oc1cccc3cc(-c4cc5cc6ccccc6cc5c5ccccc45)cc-2c13. The van der Waals surface area contributed by atoms with Gasteiger partial charge in [-0.25, -0.2) is 0 Å². The predicted octanol–water partition coefficient (Wildman–Crippen LogP) is 9.74. The Morgan fingerprint density at radius 1 is 0.371 bits per heavy atom. The first-order valence-corrected chi connectivity index (χ1v) is 12.0. The van der Waals surface area contributed by atoms with Crippen molar-refractivity contribution in [3.63, 3.8) is 0 Å². The first-order chi connectivity index (χ1) is 17.3. The summed E-state index contributed by atoms with van der Waals surface area (Å²) in [4.78, 5) is 0.